The molecule has 0 aromatic heterocycles. The van der Waals surface area contributed by atoms with Crippen molar-refractivity contribution < 1.29 is 19.1 Å². The topological polar surface area (TPSA) is 146 Å². The summed E-state index contributed by atoms with van der Waals surface area (Å²) in [6.07, 6.45) is 0.800. The predicted octanol–water partition coefficient (Wildman–Crippen LogP) is 2.72. The molecule has 11 heteroatoms. The van der Waals surface area contributed by atoms with Crippen LogP contribution < -0.4 is 21.7 Å². The lowest BCUT2D eigenvalue weighted by atomic mass is 9.95. The van der Waals surface area contributed by atoms with Crippen molar-refractivity contribution in [1.29, 1.82) is 5.41 Å². The molecule has 0 aliphatic carbocycles. The van der Waals surface area contributed by atoms with Crippen molar-refractivity contribution in [3.8, 4) is 0 Å². The number of hydrogen-bond acceptors (Lipinski definition) is 6. The number of carbonyl (C=O) groups is 3. The van der Waals surface area contributed by atoms with Crippen LogP contribution in [0.3, 0.4) is 0 Å². The summed E-state index contributed by atoms with van der Waals surface area (Å²) in [5.41, 5.74) is 7.23. The molecule has 1 aliphatic heterocycles. The van der Waals surface area contributed by atoms with Gasteiger partial charge in [0.1, 0.15) is 17.9 Å². The van der Waals surface area contributed by atoms with E-state index >= 15 is 0 Å². The maximum absolute atomic E-state index is 13.4. The Kier molecular flexibility index (Phi) is 9.08. The first-order chi connectivity index (χ1) is 16.7. The van der Waals surface area contributed by atoms with Gasteiger partial charge in [0, 0.05) is 12.0 Å². The van der Waals surface area contributed by atoms with E-state index in [-0.39, 0.29) is 18.0 Å². The van der Waals surface area contributed by atoms with Gasteiger partial charge in [0.15, 0.2) is 5.78 Å². The Morgan fingerprint density at radius 3 is 2.43 bits per heavy atom. The van der Waals surface area contributed by atoms with Crippen molar-refractivity contribution in [3.63, 3.8) is 0 Å². The second-order valence-corrected chi connectivity index (χ2v) is 8.98. The third kappa shape index (κ3) is 6.94. The molecule has 1 fully saturated rings. The summed E-state index contributed by atoms with van der Waals surface area (Å²) < 4.78 is 4.68. The fraction of sp³-hybridized carbons (Fsp3) is 0.333. The predicted molar refractivity (Wildman–Crippen MR) is 134 cm³/mol. The van der Waals surface area contributed by atoms with Crippen LogP contribution in [-0.2, 0) is 20.7 Å². The maximum atomic E-state index is 13.4. The van der Waals surface area contributed by atoms with Crippen LogP contribution in [0, 0.1) is 5.41 Å². The van der Waals surface area contributed by atoms with Crippen LogP contribution in [0.25, 0.3) is 0 Å². The average molecular weight is 520 g/mol. The first-order valence-corrected chi connectivity index (χ1v) is 11.8. The number of nitrogens with one attached hydrogen (secondary N) is 4. The molecule has 3 atom stereocenters. The monoisotopic (exact) mass is 519 g/mol. The number of nitrogen functional groups attached to an aromatic ring is 1. The summed E-state index contributed by atoms with van der Waals surface area (Å²) in [4.78, 5) is 38.7. The lowest BCUT2D eigenvalue weighted by Gasteiger charge is -2.25. The Bertz CT molecular complexity index is 1100. The number of nitrogens with two attached hydrogens (primary N) is 1. The number of hydrogen-bond donors (Lipinski definition) is 5. The molecule has 3 rings (SSSR count). The zero-order valence-corrected chi connectivity index (χ0v) is 20.6. The molecule has 1 heterocycles. The normalized spacial score (nSPS) is 16.7. The Balaban J connectivity index is 1.88. The Morgan fingerprint density at radius 1 is 1.14 bits per heavy atom. The summed E-state index contributed by atoms with van der Waals surface area (Å²) >= 11 is 12.1. The van der Waals surface area contributed by atoms with Gasteiger partial charge in [0.2, 0.25) is 5.91 Å². The second kappa shape index (κ2) is 12.0. The molecule has 9 nitrogen and oxygen atoms in total. The Morgan fingerprint density at radius 2 is 1.86 bits per heavy atom. The van der Waals surface area contributed by atoms with E-state index in [9.17, 15) is 14.4 Å². The van der Waals surface area contributed by atoms with Gasteiger partial charge >= 0.3 is 6.09 Å². The first-order valence-electron chi connectivity index (χ1n) is 11.0. The van der Waals surface area contributed by atoms with E-state index in [2.05, 4.69) is 20.7 Å². The molecule has 0 spiro atoms. The molecule has 0 radical (unpaired) electrons. The quantitative estimate of drug-likeness (QED) is 0.254. The fourth-order valence-electron chi connectivity index (χ4n) is 3.86. The van der Waals surface area contributed by atoms with E-state index in [4.69, 9.17) is 34.3 Å². The van der Waals surface area contributed by atoms with E-state index in [0.717, 1.165) is 6.42 Å². The minimum Gasteiger partial charge on any atom is -0.453 e. The molecule has 2 aromatic rings. The fourth-order valence-corrected chi connectivity index (χ4v) is 4.18. The number of amides is 2. The van der Waals surface area contributed by atoms with Crippen molar-refractivity contribution in [2.45, 2.75) is 37.4 Å². The average Bonchev–Trinajstić information content (AvgIpc) is 3.39. The number of alkyl carbamates (subject to hydrolysis) is 1. The van der Waals surface area contributed by atoms with Crippen LogP contribution in [-0.4, -0.2) is 49.4 Å². The molecule has 0 bridgehead atoms. The highest BCUT2D eigenvalue weighted by molar-refractivity contribution is 6.42. The highest BCUT2D eigenvalue weighted by Gasteiger charge is 2.33. The van der Waals surface area contributed by atoms with Gasteiger partial charge in [0.25, 0.3) is 0 Å². The first kappa shape index (κ1) is 26.5. The summed E-state index contributed by atoms with van der Waals surface area (Å²) in [5, 5.41) is 16.7. The number of rotatable bonds is 9. The number of benzene rings is 2. The highest BCUT2D eigenvalue weighted by Crippen LogP contribution is 2.24. The lowest BCUT2D eigenvalue weighted by Crippen LogP contribution is -2.51. The Labute approximate surface area is 213 Å². The molecule has 1 saturated heterocycles. The third-order valence-corrected chi connectivity index (χ3v) is 6.49. The van der Waals surface area contributed by atoms with Crippen molar-refractivity contribution in [3.05, 3.63) is 69.2 Å². The number of ketones is 1. The van der Waals surface area contributed by atoms with Crippen LogP contribution in [0.5, 0.6) is 0 Å². The molecule has 2 amide bonds. The summed E-state index contributed by atoms with van der Waals surface area (Å²) in [6, 6.07) is 8.99. The minimum absolute atomic E-state index is 0.0870. The minimum atomic E-state index is -1.05. The standard InChI is InChI=1S/C24H27Cl2N5O4/c1-35-24(34)30-19(12-13-4-9-16(25)17(26)11-13)23(33)31-20(21(32)18-3-2-10-29-18)14-5-7-15(8-6-14)22(27)28/h4-9,11,18-20,29H,2-3,10,12H2,1H3,(H3,27,28)(H,30,34)(H,31,33)/t18-,19+,20?/m0/s1. The van der Waals surface area contributed by atoms with Crippen LogP contribution >= 0.6 is 23.2 Å². The van der Waals surface area contributed by atoms with E-state index in [1.807, 2.05) is 0 Å². The van der Waals surface area contributed by atoms with Gasteiger partial charge in [-0.15, -0.1) is 0 Å². The maximum Gasteiger partial charge on any atom is 0.407 e. The van der Waals surface area contributed by atoms with E-state index < -0.39 is 30.1 Å². The SMILES string of the molecule is COC(=O)N[C@H](Cc1ccc(Cl)c(Cl)c1)C(=O)NC(C(=O)[C@@H]1CCCN1)c1ccc(C(=N)N)cc1. The molecule has 35 heavy (non-hydrogen) atoms. The van der Waals surface area contributed by atoms with Gasteiger partial charge in [-0.25, -0.2) is 4.79 Å². The third-order valence-electron chi connectivity index (χ3n) is 5.75. The van der Waals surface area contributed by atoms with Gasteiger partial charge in [-0.1, -0.05) is 53.5 Å². The molecule has 6 N–H and O–H groups in total. The number of carbonyl (C=O) groups excluding carboxylic acids is 3. The van der Waals surface area contributed by atoms with Gasteiger partial charge in [-0.3, -0.25) is 15.0 Å². The molecule has 2 aromatic carbocycles. The number of halogens is 2. The van der Waals surface area contributed by atoms with E-state index in [0.29, 0.717) is 39.7 Å². The second-order valence-electron chi connectivity index (χ2n) is 8.17. The number of amidine groups is 1. The van der Waals surface area contributed by atoms with Crippen molar-refractivity contribution in [2.75, 3.05) is 13.7 Å². The molecular formula is C24H27Cl2N5O4. The molecule has 0 saturated carbocycles. The van der Waals surface area contributed by atoms with Gasteiger partial charge < -0.3 is 26.4 Å². The van der Waals surface area contributed by atoms with Crippen molar-refractivity contribution in [1.82, 2.24) is 16.0 Å². The van der Waals surface area contributed by atoms with E-state index in [1.165, 1.54) is 7.11 Å². The summed E-state index contributed by atoms with van der Waals surface area (Å²) in [6.45, 7) is 0.712. The van der Waals surface area contributed by atoms with Crippen molar-refractivity contribution >= 4 is 46.8 Å². The summed E-state index contributed by atoms with van der Waals surface area (Å²) in [7, 11) is 1.19. The smallest absolute Gasteiger partial charge is 0.407 e. The van der Waals surface area contributed by atoms with Crippen LogP contribution in [0.4, 0.5) is 4.79 Å². The Hall–Kier alpha value is -3.14. The van der Waals surface area contributed by atoms with Crippen LogP contribution in [0.1, 0.15) is 35.6 Å². The molecule has 1 unspecified atom stereocenters. The molecular weight excluding hydrogens is 493 g/mol. The van der Waals surface area contributed by atoms with Crippen molar-refractivity contribution in [2.24, 2.45) is 5.73 Å². The largest absolute Gasteiger partial charge is 0.453 e. The zero-order chi connectivity index (χ0) is 25.5. The van der Waals surface area contributed by atoms with E-state index in [1.54, 1.807) is 42.5 Å². The molecule has 1 aliphatic rings. The summed E-state index contributed by atoms with van der Waals surface area (Å²) in [5.74, 6) is -0.879. The molecule has 186 valence electrons. The van der Waals surface area contributed by atoms with Gasteiger partial charge in [-0.05, 0) is 42.6 Å². The number of Topliss-reactive ketones (excluding diaryl/α,β-unsaturated/α-hetero) is 1. The van der Waals surface area contributed by atoms with Gasteiger partial charge in [-0.2, -0.15) is 0 Å². The van der Waals surface area contributed by atoms with Crippen LogP contribution in [0.15, 0.2) is 42.5 Å². The lowest BCUT2D eigenvalue weighted by molar-refractivity contribution is -0.129. The highest BCUT2D eigenvalue weighted by atomic mass is 35.5. The van der Waals surface area contributed by atoms with Gasteiger partial charge in [0.05, 0.1) is 23.2 Å². The number of ether oxygens (including phenoxy) is 1. The zero-order valence-electron chi connectivity index (χ0n) is 19.1. The number of methoxy groups -OCH3 is 1. The van der Waals surface area contributed by atoms with Crippen LogP contribution in [0.2, 0.25) is 10.0 Å².